The smallest absolute Gasteiger partial charge is 0.0829 e. The van der Waals surface area contributed by atoms with Gasteiger partial charge in [-0.05, 0) is 37.8 Å². The van der Waals surface area contributed by atoms with E-state index in [4.69, 9.17) is 5.10 Å². The van der Waals surface area contributed by atoms with Crippen LogP contribution in [-0.2, 0) is 7.05 Å². The van der Waals surface area contributed by atoms with Gasteiger partial charge in [-0.2, -0.15) is 5.10 Å². The summed E-state index contributed by atoms with van der Waals surface area (Å²) in [7, 11) is 2.04. The Morgan fingerprint density at radius 3 is 3.06 bits per heavy atom. The third kappa shape index (κ3) is 1.81. The molecule has 2 aromatic rings. The fraction of sp³-hybridized carbons (Fsp3) is 0.462. The maximum atomic E-state index is 4.71. The molecule has 4 heteroatoms. The van der Waals surface area contributed by atoms with Gasteiger partial charge in [-0.25, -0.2) is 0 Å². The summed E-state index contributed by atoms with van der Waals surface area (Å²) >= 11 is 1.78. The van der Waals surface area contributed by atoms with Crippen molar-refractivity contribution >= 4 is 11.3 Å². The first kappa shape index (κ1) is 11.0. The molecular formula is C13H17N3S. The molecule has 1 aliphatic rings. The quantitative estimate of drug-likeness (QED) is 0.884. The van der Waals surface area contributed by atoms with Crippen molar-refractivity contribution in [2.45, 2.75) is 25.8 Å². The number of rotatable bonds is 2. The van der Waals surface area contributed by atoms with Crippen molar-refractivity contribution in [1.82, 2.24) is 15.1 Å². The predicted octanol–water partition coefficient (Wildman–Crippen LogP) is 2.88. The largest absolute Gasteiger partial charge is 0.309 e. The minimum absolute atomic E-state index is 0.454. The minimum Gasteiger partial charge on any atom is -0.309 e. The summed E-state index contributed by atoms with van der Waals surface area (Å²) in [5.41, 5.74) is 3.83. The second kappa shape index (κ2) is 4.27. The summed E-state index contributed by atoms with van der Waals surface area (Å²) in [6, 6.07) is 4.72. The maximum Gasteiger partial charge on any atom is 0.0829 e. The molecule has 3 rings (SSSR count). The van der Waals surface area contributed by atoms with Gasteiger partial charge in [-0.15, -0.1) is 11.3 Å². The Bertz CT molecular complexity index is 507. The van der Waals surface area contributed by atoms with Crippen LogP contribution in [0.5, 0.6) is 0 Å². The minimum atomic E-state index is 0.454. The summed E-state index contributed by atoms with van der Waals surface area (Å²) in [5, 5.41) is 10.4. The highest BCUT2D eigenvalue weighted by molar-refractivity contribution is 7.13. The van der Waals surface area contributed by atoms with Gasteiger partial charge < -0.3 is 5.32 Å². The van der Waals surface area contributed by atoms with Crippen LogP contribution >= 0.6 is 11.3 Å². The molecule has 1 atom stereocenters. The van der Waals surface area contributed by atoms with E-state index in [9.17, 15) is 0 Å². The third-order valence-electron chi connectivity index (χ3n) is 3.47. The number of hydrogen-bond donors (Lipinski definition) is 1. The molecule has 1 saturated heterocycles. The van der Waals surface area contributed by atoms with E-state index in [1.54, 1.807) is 11.3 Å². The van der Waals surface area contributed by atoms with Crippen LogP contribution < -0.4 is 5.32 Å². The lowest BCUT2D eigenvalue weighted by Crippen LogP contribution is -2.14. The van der Waals surface area contributed by atoms with E-state index < -0.39 is 0 Å². The first-order chi connectivity index (χ1) is 8.27. The number of nitrogens with one attached hydrogen (secondary N) is 1. The van der Waals surface area contributed by atoms with Crippen molar-refractivity contribution in [2.24, 2.45) is 7.05 Å². The number of nitrogens with zero attached hydrogens (tertiary/aromatic N) is 2. The molecular weight excluding hydrogens is 230 g/mol. The van der Waals surface area contributed by atoms with Crippen molar-refractivity contribution in [3.63, 3.8) is 0 Å². The van der Waals surface area contributed by atoms with Crippen LogP contribution in [0.3, 0.4) is 0 Å². The first-order valence-electron chi connectivity index (χ1n) is 6.08. The maximum absolute atomic E-state index is 4.71. The Morgan fingerprint density at radius 1 is 1.53 bits per heavy atom. The molecule has 1 fully saturated rings. The SMILES string of the molecule is Cc1c(C2CCCN2)nn(C)c1-c1cccs1. The van der Waals surface area contributed by atoms with E-state index in [0.29, 0.717) is 6.04 Å². The van der Waals surface area contributed by atoms with Gasteiger partial charge in [0.05, 0.1) is 22.3 Å². The van der Waals surface area contributed by atoms with Crippen LogP contribution in [0, 0.1) is 6.92 Å². The number of thiophene rings is 1. The molecule has 0 saturated carbocycles. The Kier molecular flexibility index (Phi) is 2.76. The number of hydrogen-bond acceptors (Lipinski definition) is 3. The van der Waals surface area contributed by atoms with Crippen LogP contribution in [-0.4, -0.2) is 16.3 Å². The molecule has 1 unspecified atom stereocenters. The topological polar surface area (TPSA) is 29.9 Å². The van der Waals surface area contributed by atoms with E-state index >= 15 is 0 Å². The van der Waals surface area contributed by atoms with Gasteiger partial charge in [-0.3, -0.25) is 4.68 Å². The Hall–Kier alpha value is -1.13. The lowest BCUT2D eigenvalue weighted by Gasteiger charge is -2.07. The lowest BCUT2D eigenvalue weighted by molar-refractivity contribution is 0.605. The van der Waals surface area contributed by atoms with Crippen LogP contribution in [0.4, 0.5) is 0 Å². The van der Waals surface area contributed by atoms with E-state index in [-0.39, 0.29) is 0 Å². The summed E-state index contributed by atoms with van der Waals surface area (Å²) < 4.78 is 2.02. The zero-order chi connectivity index (χ0) is 11.8. The molecule has 1 aliphatic heterocycles. The average molecular weight is 247 g/mol. The van der Waals surface area contributed by atoms with Crippen molar-refractivity contribution < 1.29 is 0 Å². The molecule has 0 spiro atoms. The molecule has 0 radical (unpaired) electrons. The second-order valence-corrected chi connectivity index (χ2v) is 5.56. The second-order valence-electron chi connectivity index (χ2n) is 4.61. The monoisotopic (exact) mass is 247 g/mol. The van der Waals surface area contributed by atoms with Crippen molar-refractivity contribution in [1.29, 1.82) is 0 Å². The zero-order valence-corrected chi connectivity index (χ0v) is 11.0. The summed E-state index contributed by atoms with van der Waals surface area (Å²) in [5.74, 6) is 0. The van der Waals surface area contributed by atoms with E-state index in [2.05, 4.69) is 29.8 Å². The Morgan fingerprint density at radius 2 is 2.41 bits per heavy atom. The average Bonchev–Trinajstić information content (AvgIpc) is 2.99. The van der Waals surface area contributed by atoms with E-state index in [1.165, 1.54) is 34.7 Å². The fourth-order valence-corrected chi connectivity index (χ4v) is 3.51. The van der Waals surface area contributed by atoms with Gasteiger partial charge in [0.2, 0.25) is 0 Å². The highest BCUT2D eigenvalue weighted by Gasteiger charge is 2.24. The predicted molar refractivity (Wildman–Crippen MR) is 71.2 cm³/mol. The van der Waals surface area contributed by atoms with Gasteiger partial charge in [0.15, 0.2) is 0 Å². The molecule has 0 bridgehead atoms. The third-order valence-corrected chi connectivity index (χ3v) is 4.34. The molecule has 17 heavy (non-hydrogen) atoms. The summed E-state index contributed by atoms with van der Waals surface area (Å²) in [6.45, 7) is 3.31. The van der Waals surface area contributed by atoms with Crippen LogP contribution in [0.25, 0.3) is 10.6 Å². The molecule has 3 heterocycles. The van der Waals surface area contributed by atoms with Gasteiger partial charge in [-0.1, -0.05) is 6.07 Å². The zero-order valence-electron chi connectivity index (χ0n) is 10.2. The molecule has 3 nitrogen and oxygen atoms in total. The summed E-state index contributed by atoms with van der Waals surface area (Å²) in [4.78, 5) is 1.31. The van der Waals surface area contributed by atoms with E-state index in [0.717, 1.165) is 6.54 Å². The fourth-order valence-electron chi connectivity index (χ4n) is 2.66. The molecule has 90 valence electrons. The molecule has 0 amide bonds. The normalized spacial score (nSPS) is 20.0. The highest BCUT2D eigenvalue weighted by Crippen LogP contribution is 2.33. The first-order valence-corrected chi connectivity index (χ1v) is 6.96. The van der Waals surface area contributed by atoms with Crippen LogP contribution in [0.2, 0.25) is 0 Å². The Balaban J connectivity index is 2.05. The molecule has 2 aromatic heterocycles. The lowest BCUT2D eigenvalue weighted by atomic mass is 10.1. The Labute approximate surface area is 105 Å². The van der Waals surface area contributed by atoms with Gasteiger partial charge >= 0.3 is 0 Å². The van der Waals surface area contributed by atoms with Gasteiger partial charge in [0, 0.05) is 12.6 Å². The van der Waals surface area contributed by atoms with Crippen molar-refractivity contribution in [3.8, 4) is 10.6 Å². The van der Waals surface area contributed by atoms with Gasteiger partial charge in [0.1, 0.15) is 0 Å². The van der Waals surface area contributed by atoms with E-state index in [1.807, 2.05) is 11.7 Å². The number of aromatic nitrogens is 2. The van der Waals surface area contributed by atoms with Crippen LogP contribution in [0.1, 0.15) is 30.1 Å². The molecule has 0 aliphatic carbocycles. The van der Waals surface area contributed by atoms with Gasteiger partial charge in [0.25, 0.3) is 0 Å². The van der Waals surface area contributed by atoms with Crippen molar-refractivity contribution in [3.05, 3.63) is 28.8 Å². The molecule has 0 aromatic carbocycles. The van der Waals surface area contributed by atoms with Crippen molar-refractivity contribution in [2.75, 3.05) is 6.54 Å². The summed E-state index contributed by atoms with van der Waals surface area (Å²) in [6.07, 6.45) is 2.47. The highest BCUT2D eigenvalue weighted by atomic mass is 32.1. The number of aryl methyl sites for hydroxylation is 1. The van der Waals surface area contributed by atoms with Crippen LogP contribution in [0.15, 0.2) is 17.5 Å². The standard InChI is InChI=1S/C13H17N3S/c1-9-12(10-5-3-7-14-10)15-16(2)13(9)11-6-4-8-17-11/h4,6,8,10,14H,3,5,7H2,1-2H3. The molecule has 1 N–H and O–H groups in total.